The van der Waals surface area contributed by atoms with Crippen LogP contribution >= 0.6 is 0 Å². The van der Waals surface area contributed by atoms with Crippen molar-refractivity contribution in [3.63, 3.8) is 0 Å². The number of rotatable bonds is 2. The van der Waals surface area contributed by atoms with Crippen molar-refractivity contribution in [1.29, 1.82) is 5.26 Å². The molecule has 0 radical (unpaired) electrons. The van der Waals surface area contributed by atoms with E-state index in [1.54, 1.807) is 23.0 Å². The first-order chi connectivity index (χ1) is 7.69. The Labute approximate surface area is 92.3 Å². The third kappa shape index (κ3) is 1.93. The highest BCUT2D eigenvalue weighted by Crippen LogP contribution is 2.16. The van der Waals surface area contributed by atoms with E-state index in [1.807, 2.05) is 19.3 Å². The standard InChI is InChI=1S/C10H10N6/c1-16-6-7(5-13-16)14-10-3-2-8(12)9(4-11)15-10/h2-3,5-6H,12H2,1H3,(H,14,15). The maximum Gasteiger partial charge on any atom is 0.165 e. The molecule has 0 aromatic carbocycles. The molecule has 2 heterocycles. The van der Waals surface area contributed by atoms with E-state index < -0.39 is 0 Å². The van der Waals surface area contributed by atoms with Crippen molar-refractivity contribution in [3.05, 3.63) is 30.2 Å². The van der Waals surface area contributed by atoms with Crippen molar-refractivity contribution in [2.75, 3.05) is 11.1 Å². The molecule has 0 fully saturated rings. The number of hydrogen-bond acceptors (Lipinski definition) is 5. The topological polar surface area (TPSA) is 92.6 Å². The van der Waals surface area contributed by atoms with Gasteiger partial charge in [0.2, 0.25) is 0 Å². The summed E-state index contributed by atoms with van der Waals surface area (Å²) in [7, 11) is 1.82. The number of aryl methyl sites for hydroxylation is 1. The fourth-order valence-electron chi connectivity index (χ4n) is 1.26. The van der Waals surface area contributed by atoms with Gasteiger partial charge in [0.15, 0.2) is 5.69 Å². The molecule has 2 rings (SSSR count). The van der Waals surface area contributed by atoms with Gasteiger partial charge in [0, 0.05) is 13.2 Å². The Morgan fingerprint density at radius 3 is 2.94 bits per heavy atom. The van der Waals surface area contributed by atoms with Gasteiger partial charge < -0.3 is 11.1 Å². The highest BCUT2D eigenvalue weighted by Gasteiger charge is 2.03. The van der Waals surface area contributed by atoms with Gasteiger partial charge in [-0.25, -0.2) is 4.98 Å². The van der Waals surface area contributed by atoms with Crippen molar-refractivity contribution in [3.8, 4) is 6.07 Å². The van der Waals surface area contributed by atoms with Crippen LogP contribution in [-0.2, 0) is 7.05 Å². The number of hydrogen-bond donors (Lipinski definition) is 2. The molecule has 0 atom stereocenters. The van der Waals surface area contributed by atoms with E-state index >= 15 is 0 Å². The quantitative estimate of drug-likeness (QED) is 0.778. The number of nitrogens with one attached hydrogen (secondary N) is 1. The summed E-state index contributed by atoms with van der Waals surface area (Å²) in [5.41, 5.74) is 6.97. The molecule has 16 heavy (non-hydrogen) atoms. The van der Waals surface area contributed by atoms with Gasteiger partial charge in [-0.3, -0.25) is 4.68 Å². The van der Waals surface area contributed by atoms with Gasteiger partial charge in [0.05, 0.1) is 17.6 Å². The average Bonchev–Trinajstić information content (AvgIpc) is 2.67. The van der Waals surface area contributed by atoms with Crippen LogP contribution in [0.5, 0.6) is 0 Å². The fourth-order valence-corrected chi connectivity index (χ4v) is 1.26. The molecule has 80 valence electrons. The first-order valence-electron chi connectivity index (χ1n) is 4.61. The molecule has 0 aliphatic heterocycles. The molecule has 0 aliphatic carbocycles. The van der Waals surface area contributed by atoms with Crippen LogP contribution in [0.3, 0.4) is 0 Å². The number of nitrogen functional groups attached to an aromatic ring is 1. The Morgan fingerprint density at radius 2 is 2.31 bits per heavy atom. The van der Waals surface area contributed by atoms with Crippen LogP contribution in [0.15, 0.2) is 24.5 Å². The Morgan fingerprint density at radius 1 is 1.50 bits per heavy atom. The smallest absolute Gasteiger partial charge is 0.165 e. The lowest BCUT2D eigenvalue weighted by Gasteiger charge is -2.03. The van der Waals surface area contributed by atoms with Crippen LogP contribution in [-0.4, -0.2) is 14.8 Å². The monoisotopic (exact) mass is 214 g/mol. The van der Waals surface area contributed by atoms with Crippen LogP contribution in [0.1, 0.15) is 5.69 Å². The summed E-state index contributed by atoms with van der Waals surface area (Å²) in [5.74, 6) is 0.568. The minimum absolute atomic E-state index is 0.217. The zero-order valence-corrected chi connectivity index (χ0v) is 8.68. The number of nitrogens with two attached hydrogens (primary N) is 1. The second kappa shape index (κ2) is 3.90. The SMILES string of the molecule is Cn1cc(Nc2ccc(N)c(C#N)n2)cn1. The minimum atomic E-state index is 0.217. The molecular weight excluding hydrogens is 204 g/mol. The third-order valence-electron chi connectivity index (χ3n) is 2.01. The molecule has 6 nitrogen and oxygen atoms in total. The summed E-state index contributed by atoms with van der Waals surface area (Å²) in [6.07, 6.45) is 3.48. The molecule has 0 unspecified atom stereocenters. The van der Waals surface area contributed by atoms with Gasteiger partial charge in [0.25, 0.3) is 0 Å². The Kier molecular flexibility index (Phi) is 2.44. The highest BCUT2D eigenvalue weighted by molar-refractivity contribution is 5.59. The van der Waals surface area contributed by atoms with Gasteiger partial charge in [-0.1, -0.05) is 0 Å². The van der Waals surface area contributed by atoms with Gasteiger partial charge in [0.1, 0.15) is 11.9 Å². The normalized spacial score (nSPS) is 9.75. The van der Waals surface area contributed by atoms with Crippen molar-refractivity contribution in [2.24, 2.45) is 7.05 Å². The van der Waals surface area contributed by atoms with Gasteiger partial charge in [-0.05, 0) is 12.1 Å². The third-order valence-corrected chi connectivity index (χ3v) is 2.01. The zero-order valence-electron chi connectivity index (χ0n) is 8.68. The lowest BCUT2D eigenvalue weighted by molar-refractivity contribution is 0.768. The van der Waals surface area contributed by atoms with Crippen LogP contribution in [0.2, 0.25) is 0 Å². The molecule has 2 aromatic rings. The molecule has 0 aliphatic rings. The maximum atomic E-state index is 8.78. The predicted molar refractivity (Wildman–Crippen MR) is 59.9 cm³/mol. The summed E-state index contributed by atoms with van der Waals surface area (Å²) in [6.45, 7) is 0. The molecule has 0 spiro atoms. The highest BCUT2D eigenvalue weighted by atomic mass is 15.3. The van der Waals surface area contributed by atoms with Crippen LogP contribution in [0.25, 0.3) is 0 Å². The second-order valence-electron chi connectivity index (χ2n) is 3.27. The Bertz CT molecular complexity index is 551. The molecule has 2 aromatic heterocycles. The molecule has 0 bridgehead atoms. The minimum Gasteiger partial charge on any atom is -0.396 e. The number of anilines is 3. The summed E-state index contributed by atoms with van der Waals surface area (Å²) in [5, 5.41) is 15.8. The van der Waals surface area contributed by atoms with E-state index in [9.17, 15) is 0 Å². The molecule has 0 saturated heterocycles. The van der Waals surface area contributed by atoms with Crippen molar-refractivity contribution < 1.29 is 0 Å². The van der Waals surface area contributed by atoms with Crippen molar-refractivity contribution in [1.82, 2.24) is 14.8 Å². The largest absolute Gasteiger partial charge is 0.396 e. The predicted octanol–water partition coefficient (Wildman–Crippen LogP) is 1.01. The fraction of sp³-hybridized carbons (Fsp3) is 0.100. The molecule has 0 saturated carbocycles. The van der Waals surface area contributed by atoms with Gasteiger partial charge >= 0.3 is 0 Å². The second-order valence-corrected chi connectivity index (χ2v) is 3.27. The van der Waals surface area contributed by atoms with E-state index in [2.05, 4.69) is 15.4 Å². The molecule has 3 N–H and O–H groups in total. The van der Waals surface area contributed by atoms with Crippen molar-refractivity contribution >= 4 is 17.2 Å². The molecular formula is C10H10N6. The van der Waals surface area contributed by atoms with E-state index in [1.165, 1.54) is 0 Å². The van der Waals surface area contributed by atoms with Crippen LogP contribution in [0.4, 0.5) is 17.2 Å². The van der Waals surface area contributed by atoms with E-state index in [0.717, 1.165) is 5.69 Å². The Hall–Kier alpha value is -2.55. The lowest BCUT2D eigenvalue weighted by atomic mass is 10.3. The number of nitrogens with zero attached hydrogens (tertiary/aromatic N) is 4. The van der Waals surface area contributed by atoms with Crippen molar-refractivity contribution in [2.45, 2.75) is 0 Å². The van der Waals surface area contributed by atoms with Gasteiger partial charge in [-0.15, -0.1) is 0 Å². The lowest BCUT2D eigenvalue weighted by Crippen LogP contribution is -1.98. The maximum absolute atomic E-state index is 8.78. The number of aromatic nitrogens is 3. The molecule has 0 amide bonds. The average molecular weight is 214 g/mol. The number of pyridine rings is 1. The summed E-state index contributed by atoms with van der Waals surface area (Å²) in [4.78, 5) is 4.06. The summed E-state index contributed by atoms with van der Waals surface area (Å²) >= 11 is 0. The van der Waals surface area contributed by atoms with Crippen LogP contribution in [0, 0.1) is 11.3 Å². The summed E-state index contributed by atoms with van der Waals surface area (Å²) < 4.78 is 1.67. The van der Waals surface area contributed by atoms with Gasteiger partial charge in [-0.2, -0.15) is 10.4 Å². The first kappa shape index (κ1) is 9.98. The Balaban J connectivity index is 2.26. The van der Waals surface area contributed by atoms with Crippen LogP contribution < -0.4 is 11.1 Å². The van der Waals surface area contributed by atoms with E-state index in [4.69, 9.17) is 11.0 Å². The zero-order chi connectivity index (χ0) is 11.5. The van der Waals surface area contributed by atoms with E-state index in [-0.39, 0.29) is 5.69 Å². The first-order valence-corrected chi connectivity index (χ1v) is 4.61. The van der Waals surface area contributed by atoms with E-state index in [0.29, 0.717) is 11.5 Å². The summed E-state index contributed by atoms with van der Waals surface area (Å²) in [6, 6.07) is 5.28. The molecule has 6 heteroatoms. The number of nitriles is 1.